The number of hydrogen-bond donors (Lipinski definition) is 1. The maximum absolute atomic E-state index is 12.7. The van der Waals surface area contributed by atoms with Crippen molar-refractivity contribution in [3.8, 4) is 0 Å². The van der Waals surface area contributed by atoms with E-state index in [0.717, 1.165) is 11.3 Å². The van der Waals surface area contributed by atoms with E-state index in [-0.39, 0.29) is 15.5 Å². The zero-order valence-corrected chi connectivity index (χ0v) is 16.2. The first-order chi connectivity index (χ1) is 12.2. The van der Waals surface area contributed by atoms with Crippen molar-refractivity contribution in [1.29, 1.82) is 0 Å². The Balaban J connectivity index is 2.31. The number of rotatable bonds is 7. The minimum absolute atomic E-state index is 0.121. The van der Waals surface area contributed by atoms with Gasteiger partial charge in [-0.15, -0.1) is 0 Å². The highest BCUT2D eigenvalue weighted by Gasteiger charge is 2.24. The van der Waals surface area contributed by atoms with Gasteiger partial charge in [-0.2, -0.15) is 4.31 Å². The number of nitrogens with zero attached hydrogens (tertiary/aromatic N) is 2. The zero-order valence-electron chi connectivity index (χ0n) is 14.6. The lowest BCUT2D eigenvalue weighted by Gasteiger charge is -2.20. The molecule has 0 spiro atoms. The molecule has 0 aliphatic carbocycles. The standard InChI is InChI=1S/C16H19N3O5S2/c1-4-18(5-2)26(23,24)14-9-13(7-6-11(14)3)17-16(20)12-8-15(19(21)22)25-10-12/h6-10H,4-5H2,1-3H3,(H,17,20). The second kappa shape index (κ2) is 7.94. The van der Waals surface area contributed by atoms with E-state index in [9.17, 15) is 23.3 Å². The molecule has 0 radical (unpaired) electrons. The fourth-order valence-electron chi connectivity index (χ4n) is 2.40. The molecule has 8 nitrogen and oxygen atoms in total. The lowest BCUT2D eigenvalue weighted by molar-refractivity contribution is -0.380. The molecule has 1 amide bonds. The predicted molar refractivity (Wildman–Crippen MR) is 100 cm³/mol. The van der Waals surface area contributed by atoms with E-state index < -0.39 is 20.9 Å². The molecule has 0 atom stereocenters. The van der Waals surface area contributed by atoms with E-state index >= 15 is 0 Å². The van der Waals surface area contributed by atoms with E-state index in [1.807, 2.05) is 0 Å². The number of amides is 1. The average Bonchev–Trinajstić information content (AvgIpc) is 3.07. The van der Waals surface area contributed by atoms with Crippen LogP contribution in [0.5, 0.6) is 0 Å². The molecule has 0 unspecified atom stereocenters. The van der Waals surface area contributed by atoms with Crippen molar-refractivity contribution in [2.24, 2.45) is 0 Å². The molecule has 0 saturated heterocycles. The number of nitro groups is 1. The number of thiophene rings is 1. The molecule has 2 aromatic rings. The highest BCUT2D eigenvalue weighted by Crippen LogP contribution is 2.26. The first-order valence-corrected chi connectivity index (χ1v) is 10.2. The van der Waals surface area contributed by atoms with Crippen LogP contribution in [0.2, 0.25) is 0 Å². The number of nitrogens with one attached hydrogen (secondary N) is 1. The zero-order chi connectivity index (χ0) is 19.5. The van der Waals surface area contributed by atoms with E-state index in [0.29, 0.717) is 24.3 Å². The number of benzene rings is 1. The van der Waals surface area contributed by atoms with Gasteiger partial charge in [-0.1, -0.05) is 31.3 Å². The van der Waals surface area contributed by atoms with Crippen LogP contribution in [0, 0.1) is 17.0 Å². The SMILES string of the molecule is CCN(CC)S(=O)(=O)c1cc(NC(=O)c2csc([N+](=O)[O-])c2)ccc1C. The number of aryl methyl sites for hydroxylation is 1. The molecule has 0 bridgehead atoms. The van der Waals surface area contributed by atoms with E-state index in [1.165, 1.54) is 21.8 Å². The predicted octanol–water partition coefficient (Wildman–Crippen LogP) is 3.25. The van der Waals surface area contributed by atoms with Gasteiger partial charge in [-0.3, -0.25) is 14.9 Å². The minimum atomic E-state index is -3.67. The van der Waals surface area contributed by atoms with Crippen molar-refractivity contribution in [3.63, 3.8) is 0 Å². The summed E-state index contributed by atoms with van der Waals surface area (Å²) in [5.41, 5.74) is 1.02. The summed E-state index contributed by atoms with van der Waals surface area (Å²) in [7, 11) is -3.67. The van der Waals surface area contributed by atoms with Crippen molar-refractivity contribution in [1.82, 2.24) is 4.31 Å². The van der Waals surface area contributed by atoms with E-state index in [2.05, 4.69) is 5.32 Å². The van der Waals surface area contributed by atoms with E-state index in [4.69, 9.17) is 0 Å². The smallest absolute Gasteiger partial charge is 0.322 e. The van der Waals surface area contributed by atoms with Gasteiger partial charge in [0.2, 0.25) is 10.0 Å². The summed E-state index contributed by atoms with van der Waals surface area (Å²) in [6.45, 7) is 5.88. The largest absolute Gasteiger partial charge is 0.324 e. The summed E-state index contributed by atoms with van der Waals surface area (Å²) < 4.78 is 26.8. The monoisotopic (exact) mass is 397 g/mol. The molecule has 26 heavy (non-hydrogen) atoms. The summed E-state index contributed by atoms with van der Waals surface area (Å²) in [5.74, 6) is -0.538. The fraction of sp³-hybridized carbons (Fsp3) is 0.312. The molecule has 2 rings (SSSR count). The minimum Gasteiger partial charge on any atom is -0.322 e. The van der Waals surface area contributed by atoms with Crippen molar-refractivity contribution in [3.05, 3.63) is 50.9 Å². The topological polar surface area (TPSA) is 110 Å². The molecular formula is C16H19N3O5S2. The molecule has 0 saturated carbocycles. The highest BCUT2D eigenvalue weighted by atomic mass is 32.2. The number of carbonyl (C=O) groups excluding carboxylic acids is 1. The van der Waals surface area contributed by atoms with Crippen LogP contribution in [0.1, 0.15) is 29.8 Å². The van der Waals surface area contributed by atoms with Crippen LogP contribution >= 0.6 is 11.3 Å². The third-order valence-corrected chi connectivity index (χ3v) is 6.87. The van der Waals surface area contributed by atoms with E-state index in [1.54, 1.807) is 32.9 Å². The van der Waals surface area contributed by atoms with Crippen molar-refractivity contribution < 1.29 is 18.1 Å². The van der Waals surface area contributed by atoms with Crippen molar-refractivity contribution in [2.45, 2.75) is 25.7 Å². The molecule has 10 heteroatoms. The Labute approximate surface area is 155 Å². The van der Waals surface area contributed by atoms with Crippen molar-refractivity contribution in [2.75, 3.05) is 18.4 Å². The molecule has 140 valence electrons. The molecule has 0 aliphatic heterocycles. The first kappa shape index (κ1) is 20.0. The maximum atomic E-state index is 12.7. The number of hydrogen-bond acceptors (Lipinski definition) is 6. The Morgan fingerprint density at radius 2 is 1.92 bits per heavy atom. The van der Waals surface area contributed by atoms with Crippen LogP contribution in [-0.4, -0.2) is 36.6 Å². The van der Waals surface area contributed by atoms with Gasteiger partial charge in [0, 0.05) is 30.2 Å². The van der Waals surface area contributed by atoms with Crippen LogP contribution in [-0.2, 0) is 10.0 Å². The summed E-state index contributed by atoms with van der Waals surface area (Å²) in [5, 5.41) is 14.6. The van der Waals surface area contributed by atoms with Gasteiger partial charge in [-0.05, 0) is 24.6 Å². The lowest BCUT2D eigenvalue weighted by atomic mass is 10.2. The lowest BCUT2D eigenvalue weighted by Crippen LogP contribution is -2.31. The summed E-state index contributed by atoms with van der Waals surface area (Å²) in [6, 6.07) is 5.79. The van der Waals surface area contributed by atoms with Gasteiger partial charge in [0.05, 0.1) is 15.4 Å². The maximum Gasteiger partial charge on any atom is 0.324 e. The molecule has 1 N–H and O–H groups in total. The Morgan fingerprint density at radius 1 is 1.27 bits per heavy atom. The van der Waals surface area contributed by atoms with Crippen LogP contribution in [0.4, 0.5) is 10.7 Å². The van der Waals surface area contributed by atoms with Crippen LogP contribution < -0.4 is 5.32 Å². The third kappa shape index (κ3) is 4.09. The molecule has 1 aromatic heterocycles. The summed E-state index contributed by atoms with van der Waals surface area (Å²) >= 11 is 0.854. The quantitative estimate of drug-likeness (QED) is 0.570. The van der Waals surface area contributed by atoms with Gasteiger partial charge < -0.3 is 5.32 Å². The summed E-state index contributed by atoms with van der Waals surface area (Å²) in [6.07, 6.45) is 0. The molecular weight excluding hydrogens is 378 g/mol. The van der Waals surface area contributed by atoms with Crippen molar-refractivity contribution >= 4 is 38.0 Å². The van der Waals surface area contributed by atoms with Gasteiger partial charge in [0.15, 0.2) is 0 Å². The Morgan fingerprint density at radius 3 is 2.46 bits per heavy atom. The Bertz CT molecular complexity index is 933. The van der Waals surface area contributed by atoms with Crippen LogP contribution in [0.25, 0.3) is 0 Å². The summed E-state index contributed by atoms with van der Waals surface area (Å²) in [4.78, 5) is 22.5. The van der Waals surface area contributed by atoms with Gasteiger partial charge in [-0.25, -0.2) is 8.42 Å². The number of carbonyl (C=O) groups is 1. The second-order valence-electron chi connectivity index (χ2n) is 5.45. The normalized spacial score (nSPS) is 11.5. The third-order valence-electron chi connectivity index (χ3n) is 3.80. The molecule has 1 heterocycles. The number of sulfonamides is 1. The molecule has 0 aliphatic rings. The Hall–Kier alpha value is -2.30. The highest BCUT2D eigenvalue weighted by molar-refractivity contribution is 7.89. The van der Waals surface area contributed by atoms with Crippen LogP contribution in [0.15, 0.2) is 34.5 Å². The van der Waals surface area contributed by atoms with Crippen LogP contribution in [0.3, 0.4) is 0 Å². The first-order valence-electron chi connectivity index (χ1n) is 7.85. The van der Waals surface area contributed by atoms with Gasteiger partial charge in [0.1, 0.15) is 0 Å². The fourth-order valence-corrected chi connectivity index (χ4v) is 4.81. The van der Waals surface area contributed by atoms with Gasteiger partial charge in [0.25, 0.3) is 5.91 Å². The van der Waals surface area contributed by atoms with Gasteiger partial charge >= 0.3 is 5.00 Å². The molecule has 1 aromatic carbocycles. The Kier molecular flexibility index (Phi) is 6.11. The average molecular weight is 397 g/mol. The molecule has 0 fully saturated rings. The number of anilines is 1. The second-order valence-corrected chi connectivity index (χ2v) is 8.25.